The number of halogens is 3. The number of carbonyl (C=O) groups excluding carboxylic acids is 4. The second-order valence-corrected chi connectivity index (χ2v) is 10.3. The first-order valence-electron chi connectivity index (χ1n) is 10.4. The first-order chi connectivity index (χ1) is 16.5. The summed E-state index contributed by atoms with van der Waals surface area (Å²) in [5.41, 5.74) is -7.81. The van der Waals surface area contributed by atoms with Gasteiger partial charge in [0.15, 0.2) is 11.5 Å². The number of β-lactam (4-membered cyclic amide) rings is 1. The zero-order chi connectivity index (χ0) is 27.1. The number of alkyl halides is 3. The van der Waals surface area contributed by atoms with Gasteiger partial charge in [0.2, 0.25) is 0 Å². The quantitative estimate of drug-likeness (QED) is 0.198. The largest absolute Gasteiger partial charge is 0.534 e. The Kier molecular flexibility index (Phi) is 7.08. The van der Waals surface area contributed by atoms with Crippen molar-refractivity contribution in [1.82, 2.24) is 10.2 Å². The van der Waals surface area contributed by atoms with Gasteiger partial charge in [-0.05, 0) is 39.3 Å². The van der Waals surface area contributed by atoms with E-state index in [0.29, 0.717) is 4.90 Å². The number of esters is 2. The van der Waals surface area contributed by atoms with Gasteiger partial charge in [-0.3, -0.25) is 9.69 Å². The number of benzene rings is 1. The van der Waals surface area contributed by atoms with Crippen molar-refractivity contribution in [2.24, 2.45) is 0 Å². The fourth-order valence-electron chi connectivity index (χ4n) is 3.48. The van der Waals surface area contributed by atoms with E-state index >= 15 is 0 Å². The molecule has 1 saturated heterocycles. The minimum absolute atomic E-state index is 0.0939. The predicted octanol–water partition coefficient (Wildman–Crippen LogP) is 2.35. The van der Waals surface area contributed by atoms with Gasteiger partial charge >= 0.3 is 33.7 Å². The summed E-state index contributed by atoms with van der Waals surface area (Å²) in [6, 6.07) is 4.84. The number of ether oxygens (including phenoxy) is 2. The van der Waals surface area contributed by atoms with Crippen LogP contribution in [0, 0.1) is 0 Å². The Balaban J connectivity index is 1.91. The highest BCUT2D eigenvalue weighted by Gasteiger charge is 2.57. The molecule has 2 unspecified atom stereocenters. The maximum Gasteiger partial charge on any atom is 0.534 e. The minimum atomic E-state index is -6.21. The highest BCUT2D eigenvalue weighted by Crippen LogP contribution is 2.40. The first kappa shape index (κ1) is 27.0. The number of allylic oxidation sites excluding steroid dienone is 1. The van der Waals surface area contributed by atoms with Crippen LogP contribution >= 0.6 is 0 Å². The van der Waals surface area contributed by atoms with Crippen molar-refractivity contribution < 1.29 is 54.4 Å². The van der Waals surface area contributed by atoms with Crippen molar-refractivity contribution >= 4 is 34.1 Å². The van der Waals surface area contributed by atoms with Crippen LogP contribution in [0.3, 0.4) is 0 Å². The Morgan fingerprint density at radius 3 is 2.22 bits per heavy atom. The van der Waals surface area contributed by atoms with E-state index in [1.165, 1.54) is 24.3 Å². The Bertz CT molecular complexity index is 1220. The standard InChI is InChI=1S/C21H21F3N2O9S/c1-20(2,3)34-19(30)25-14-12-9-10-13(35-36(31,32)21(22,23)24)15(26(12)16(14)27)18(29)33-17(28)11-7-5-4-6-8-11/h4-8,12,14H,9-10H2,1-3H3,(H,25,30). The first-order valence-corrected chi connectivity index (χ1v) is 11.8. The Morgan fingerprint density at radius 1 is 1.06 bits per heavy atom. The number of alkyl carbamates (subject to hydrolysis) is 1. The number of hydrogen-bond acceptors (Lipinski definition) is 9. The zero-order valence-corrected chi connectivity index (χ0v) is 19.9. The van der Waals surface area contributed by atoms with E-state index in [4.69, 9.17) is 9.47 Å². The van der Waals surface area contributed by atoms with E-state index in [0.717, 1.165) is 0 Å². The molecule has 11 nitrogen and oxygen atoms in total. The van der Waals surface area contributed by atoms with Crippen LogP contribution in [0.5, 0.6) is 0 Å². The molecule has 1 N–H and O–H groups in total. The van der Waals surface area contributed by atoms with Gasteiger partial charge in [0, 0.05) is 6.42 Å². The van der Waals surface area contributed by atoms with Gasteiger partial charge in [-0.15, -0.1) is 0 Å². The van der Waals surface area contributed by atoms with Gasteiger partial charge in [-0.1, -0.05) is 18.2 Å². The molecule has 3 rings (SSSR count). The molecule has 15 heteroatoms. The molecule has 0 spiro atoms. The van der Waals surface area contributed by atoms with E-state index < -0.39 is 75.1 Å². The van der Waals surface area contributed by atoms with Crippen molar-refractivity contribution in [1.29, 1.82) is 0 Å². The molecule has 36 heavy (non-hydrogen) atoms. The molecule has 2 atom stereocenters. The fourth-order valence-corrected chi connectivity index (χ4v) is 4.00. The SMILES string of the molecule is CC(C)(C)OC(=O)NC1C(=O)N2C(C(=O)OC(=O)c3ccccc3)=C(OS(=O)(=O)C(F)(F)F)CCC12. The lowest BCUT2D eigenvalue weighted by atomic mass is 9.86. The van der Waals surface area contributed by atoms with E-state index in [2.05, 4.69) is 9.50 Å². The molecule has 2 heterocycles. The number of nitrogens with one attached hydrogen (secondary N) is 1. The smallest absolute Gasteiger partial charge is 0.444 e. The molecule has 0 bridgehead atoms. The average Bonchev–Trinajstić information content (AvgIpc) is 2.75. The van der Waals surface area contributed by atoms with Gasteiger partial charge < -0.3 is 19.0 Å². The van der Waals surface area contributed by atoms with Crippen LogP contribution < -0.4 is 5.32 Å². The van der Waals surface area contributed by atoms with Crippen LogP contribution in [0.25, 0.3) is 0 Å². The lowest BCUT2D eigenvalue weighted by Crippen LogP contribution is -2.72. The van der Waals surface area contributed by atoms with Crippen molar-refractivity contribution in [2.45, 2.75) is 56.8 Å². The molecule has 1 fully saturated rings. The van der Waals surface area contributed by atoms with Gasteiger partial charge in [0.25, 0.3) is 5.91 Å². The maximum absolute atomic E-state index is 12.9. The number of rotatable bonds is 5. The molecule has 2 amide bonds. The van der Waals surface area contributed by atoms with E-state index in [-0.39, 0.29) is 12.0 Å². The lowest BCUT2D eigenvalue weighted by Gasteiger charge is -2.49. The summed E-state index contributed by atoms with van der Waals surface area (Å²) in [5.74, 6) is -4.82. The molecule has 1 aromatic rings. The molecular formula is C21H21F3N2O9S. The minimum Gasteiger partial charge on any atom is -0.444 e. The third kappa shape index (κ3) is 5.61. The summed E-state index contributed by atoms with van der Waals surface area (Å²) in [6.45, 7) is 4.73. The van der Waals surface area contributed by atoms with Gasteiger partial charge in [0.1, 0.15) is 11.6 Å². The van der Waals surface area contributed by atoms with Gasteiger partial charge in [0.05, 0.1) is 11.6 Å². The van der Waals surface area contributed by atoms with E-state index in [9.17, 15) is 40.8 Å². The van der Waals surface area contributed by atoms with Crippen LogP contribution in [-0.2, 0) is 33.4 Å². The Morgan fingerprint density at radius 2 is 1.67 bits per heavy atom. The summed E-state index contributed by atoms with van der Waals surface area (Å²) in [6.07, 6.45) is -1.70. The monoisotopic (exact) mass is 534 g/mol. The zero-order valence-electron chi connectivity index (χ0n) is 19.1. The Hall–Kier alpha value is -3.62. The summed E-state index contributed by atoms with van der Waals surface area (Å²) in [7, 11) is -6.21. The normalized spacial score (nSPS) is 20.2. The molecule has 0 saturated carbocycles. The third-order valence-electron chi connectivity index (χ3n) is 4.95. The van der Waals surface area contributed by atoms with Crippen LogP contribution in [0.4, 0.5) is 18.0 Å². The molecule has 2 aliphatic rings. The molecule has 196 valence electrons. The highest BCUT2D eigenvalue weighted by molar-refractivity contribution is 7.87. The van der Waals surface area contributed by atoms with Gasteiger partial charge in [-0.2, -0.15) is 21.6 Å². The van der Waals surface area contributed by atoms with E-state index in [1.54, 1.807) is 26.8 Å². The molecule has 0 aliphatic carbocycles. The van der Waals surface area contributed by atoms with Crippen molar-refractivity contribution in [2.75, 3.05) is 0 Å². The molecule has 2 aliphatic heterocycles. The number of fused-ring (bicyclic) bond motifs is 1. The number of amides is 2. The maximum atomic E-state index is 12.9. The number of carbonyl (C=O) groups is 4. The van der Waals surface area contributed by atoms with Crippen LogP contribution in [-0.4, -0.2) is 60.4 Å². The molecule has 1 aromatic carbocycles. The van der Waals surface area contributed by atoms with Gasteiger partial charge in [-0.25, -0.2) is 14.4 Å². The fraction of sp³-hybridized carbons (Fsp3) is 0.429. The molecule has 0 aromatic heterocycles. The Labute approximate surface area is 203 Å². The van der Waals surface area contributed by atoms with Crippen molar-refractivity contribution in [3.05, 3.63) is 47.4 Å². The summed E-state index contributed by atoms with van der Waals surface area (Å²) >= 11 is 0. The van der Waals surface area contributed by atoms with Crippen LogP contribution in [0.15, 0.2) is 41.8 Å². The second-order valence-electron chi connectivity index (χ2n) is 8.74. The number of nitrogens with zero attached hydrogens (tertiary/aromatic N) is 1. The predicted molar refractivity (Wildman–Crippen MR) is 113 cm³/mol. The topological polar surface area (TPSA) is 145 Å². The van der Waals surface area contributed by atoms with Crippen LogP contribution in [0.1, 0.15) is 44.0 Å². The van der Waals surface area contributed by atoms with Crippen LogP contribution in [0.2, 0.25) is 0 Å². The molecule has 0 radical (unpaired) electrons. The molecular weight excluding hydrogens is 513 g/mol. The summed E-state index contributed by atoms with van der Waals surface area (Å²) in [5, 5.41) is 2.30. The van der Waals surface area contributed by atoms with Crippen molar-refractivity contribution in [3.8, 4) is 0 Å². The highest BCUT2D eigenvalue weighted by atomic mass is 32.2. The lowest BCUT2D eigenvalue weighted by molar-refractivity contribution is -0.155. The third-order valence-corrected chi connectivity index (χ3v) is 5.93. The second kappa shape index (κ2) is 9.44. The average molecular weight is 534 g/mol. The number of hydrogen-bond donors (Lipinski definition) is 1. The van der Waals surface area contributed by atoms with E-state index in [1.807, 2.05) is 0 Å². The summed E-state index contributed by atoms with van der Waals surface area (Å²) in [4.78, 5) is 50.6. The summed E-state index contributed by atoms with van der Waals surface area (Å²) < 4.78 is 75.8. The van der Waals surface area contributed by atoms with Crippen molar-refractivity contribution in [3.63, 3.8) is 0 Å².